The van der Waals surface area contributed by atoms with E-state index in [4.69, 9.17) is 9.47 Å². The zero-order valence-corrected chi connectivity index (χ0v) is 10.1. The van der Waals surface area contributed by atoms with Gasteiger partial charge in [0.1, 0.15) is 6.10 Å². The van der Waals surface area contributed by atoms with E-state index >= 15 is 0 Å². The zero-order valence-electron chi connectivity index (χ0n) is 10.1. The van der Waals surface area contributed by atoms with Crippen LogP contribution in [0.3, 0.4) is 0 Å². The second-order valence-electron chi connectivity index (χ2n) is 4.18. The molecule has 0 unspecified atom stereocenters. The molecule has 0 spiro atoms. The first kappa shape index (κ1) is 13.4. The molecule has 1 N–H and O–H groups in total. The molecule has 0 amide bonds. The Labute approximate surface area is 97.8 Å². The van der Waals surface area contributed by atoms with Crippen molar-refractivity contribution in [2.24, 2.45) is 5.92 Å². The third-order valence-corrected chi connectivity index (χ3v) is 2.78. The Morgan fingerprint density at radius 1 is 1.25 bits per heavy atom. The van der Waals surface area contributed by atoms with Crippen LogP contribution in [0.15, 0.2) is 24.3 Å². The van der Waals surface area contributed by atoms with E-state index < -0.39 is 6.10 Å². The van der Waals surface area contributed by atoms with Crippen molar-refractivity contribution in [1.82, 2.24) is 0 Å². The number of hydrogen-bond acceptors (Lipinski definition) is 3. The lowest BCUT2D eigenvalue weighted by atomic mass is 9.99. The molecular formula is C13H22O3. The summed E-state index contributed by atoms with van der Waals surface area (Å²) in [6, 6.07) is 0. The van der Waals surface area contributed by atoms with Gasteiger partial charge in [-0.05, 0) is 12.8 Å². The minimum atomic E-state index is -0.510. The first-order chi connectivity index (χ1) is 7.75. The molecule has 3 heteroatoms. The lowest BCUT2D eigenvalue weighted by Gasteiger charge is -2.24. The molecule has 0 aromatic heterocycles. The maximum Gasteiger partial charge on any atom is 0.101 e. The van der Waals surface area contributed by atoms with Gasteiger partial charge in [-0.15, -0.1) is 0 Å². The Morgan fingerprint density at radius 2 is 2.00 bits per heavy atom. The summed E-state index contributed by atoms with van der Waals surface area (Å²) in [7, 11) is 1.62. The van der Waals surface area contributed by atoms with Crippen molar-refractivity contribution < 1.29 is 14.6 Å². The van der Waals surface area contributed by atoms with Gasteiger partial charge < -0.3 is 14.6 Å². The third-order valence-electron chi connectivity index (χ3n) is 2.78. The van der Waals surface area contributed by atoms with Gasteiger partial charge in [0.2, 0.25) is 0 Å². The predicted molar refractivity (Wildman–Crippen MR) is 64.3 cm³/mol. The Hall–Kier alpha value is -0.640. The summed E-state index contributed by atoms with van der Waals surface area (Å²) in [4.78, 5) is 0. The number of aliphatic hydroxyl groups is 1. The van der Waals surface area contributed by atoms with Crippen LogP contribution in [0.25, 0.3) is 0 Å². The summed E-state index contributed by atoms with van der Waals surface area (Å²) in [5.41, 5.74) is 0. The van der Waals surface area contributed by atoms with Gasteiger partial charge in [0.25, 0.3) is 0 Å². The fourth-order valence-corrected chi connectivity index (χ4v) is 1.68. The molecule has 0 radical (unpaired) electrons. The molecule has 0 fully saturated rings. The second kappa shape index (κ2) is 7.60. The molecule has 1 heterocycles. The number of aliphatic hydroxyl groups excluding tert-OH is 1. The van der Waals surface area contributed by atoms with Crippen LogP contribution in [-0.2, 0) is 9.47 Å². The lowest BCUT2D eigenvalue weighted by molar-refractivity contribution is -0.0340. The Bertz CT molecular complexity index is 235. The molecule has 0 saturated heterocycles. The summed E-state index contributed by atoms with van der Waals surface area (Å²) in [6.07, 6.45) is 9.39. The van der Waals surface area contributed by atoms with Gasteiger partial charge >= 0.3 is 0 Å². The maximum atomic E-state index is 10.0. The standard InChI is InChI=1S/C13H22O3/c1-11-10-16-9-7-5-3-4-6-8-12(15-2)13(11)14/h5-8,11-14H,3-4,9-10H2,1-2H3/b7-5+,8-6+/t11-,12+,13+/m1/s1. The molecule has 0 aromatic rings. The van der Waals surface area contributed by atoms with Gasteiger partial charge in [-0.1, -0.05) is 31.2 Å². The van der Waals surface area contributed by atoms with Crippen LogP contribution in [0, 0.1) is 5.92 Å². The van der Waals surface area contributed by atoms with E-state index in [1.165, 1.54) is 0 Å². The number of ether oxygens (including phenoxy) is 2. The zero-order chi connectivity index (χ0) is 11.8. The van der Waals surface area contributed by atoms with Crippen molar-refractivity contribution in [3.8, 4) is 0 Å². The number of allylic oxidation sites excluding steroid dienone is 2. The highest BCUT2D eigenvalue weighted by molar-refractivity contribution is 4.96. The summed E-state index contributed by atoms with van der Waals surface area (Å²) in [6.45, 7) is 3.15. The summed E-state index contributed by atoms with van der Waals surface area (Å²) in [5, 5.41) is 10.0. The van der Waals surface area contributed by atoms with E-state index in [9.17, 15) is 5.11 Å². The first-order valence-corrected chi connectivity index (χ1v) is 5.86. The topological polar surface area (TPSA) is 38.7 Å². The van der Waals surface area contributed by atoms with Crippen LogP contribution in [0.4, 0.5) is 0 Å². The van der Waals surface area contributed by atoms with Crippen LogP contribution in [0.1, 0.15) is 19.8 Å². The number of hydrogen-bond donors (Lipinski definition) is 1. The molecule has 0 saturated carbocycles. The molecule has 3 atom stereocenters. The largest absolute Gasteiger partial charge is 0.390 e. The van der Waals surface area contributed by atoms with E-state index in [0.717, 1.165) is 12.8 Å². The first-order valence-electron chi connectivity index (χ1n) is 5.86. The minimum absolute atomic E-state index is 0.0717. The Kier molecular flexibility index (Phi) is 6.38. The summed E-state index contributed by atoms with van der Waals surface area (Å²) in [5.74, 6) is 0.0717. The molecular weight excluding hydrogens is 204 g/mol. The van der Waals surface area contributed by atoms with Gasteiger partial charge in [0, 0.05) is 13.0 Å². The van der Waals surface area contributed by atoms with Gasteiger partial charge in [-0.3, -0.25) is 0 Å². The molecule has 3 nitrogen and oxygen atoms in total. The normalized spacial score (nSPS) is 37.1. The molecule has 1 aliphatic rings. The monoisotopic (exact) mass is 226 g/mol. The summed E-state index contributed by atoms with van der Waals surface area (Å²) >= 11 is 0. The van der Waals surface area contributed by atoms with Crippen molar-refractivity contribution in [2.45, 2.75) is 32.0 Å². The van der Waals surface area contributed by atoms with Crippen LogP contribution < -0.4 is 0 Å². The highest BCUT2D eigenvalue weighted by Crippen LogP contribution is 2.13. The molecule has 1 rings (SSSR count). The molecule has 16 heavy (non-hydrogen) atoms. The SMILES string of the molecule is CO[C@H]1/C=C/CC/C=C/COC[C@@H](C)[C@@H]1O. The highest BCUT2D eigenvalue weighted by Gasteiger charge is 2.22. The molecule has 92 valence electrons. The van der Waals surface area contributed by atoms with Crippen molar-refractivity contribution in [3.05, 3.63) is 24.3 Å². The van der Waals surface area contributed by atoms with Gasteiger partial charge in [0.15, 0.2) is 0 Å². The van der Waals surface area contributed by atoms with Crippen molar-refractivity contribution in [3.63, 3.8) is 0 Å². The van der Waals surface area contributed by atoms with Gasteiger partial charge in [-0.25, -0.2) is 0 Å². The van der Waals surface area contributed by atoms with Crippen molar-refractivity contribution in [1.29, 1.82) is 0 Å². The smallest absolute Gasteiger partial charge is 0.101 e. The van der Waals surface area contributed by atoms with Gasteiger partial charge in [0.05, 0.1) is 19.3 Å². The van der Waals surface area contributed by atoms with Crippen molar-refractivity contribution >= 4 is 0 Å². The molecule has 0 bridgehead atoms. The van der Waals surface area contributed by atoms with Crippen LogP contribution in [0.5, 0.6) is 0 Å². The third kappa shape index (κ3) is 4.47. The van der Waals surface area contributed by atoms with E-state index in [-0.39, 0.29) is 12.0 Å². The molecule has 1 aliphatic heterocycles. The quantitative estimate of drug-likeness (QED) is 0.694. The Balaban J connectivity index is 2.61. The second-order valence-corrected chi connectivity index (χ2v) is 4.18. The molecule has 0 aliphatic carbocycles. The van der Waals surface area contributed by atoms with E-state index in [2.05, 4.69) is 12.2 Å². The van der Waals surface area contributed by atoms with E-state index in [0.29, 0.717) is 13.2 Å². The fraction of sp³-hybridized carbons (Fsp3) is 0.692. The minimum Gasteiger partial charge on any atom is -0.390 e. The highest BCUT2D eigenvalue weighted by atomic mass is 16.5. The van der Waals surface area contributed by atoms with Crippen LogP contribution >= 0.6 is 0 Å². The number of methoxy groups -OCH3 is 1. The van der Waals surface area contributed by atoms with Gasteiger partial charge in [-0.2, -0.15) is 0 Å². The van der Waals surface area contributed by atoms with Crippen molar-refractivity contribution in [2.75, 3.05) is 20.3 Å². The average molecular weight is 226 g/mol. The number of rotatable bonds is 1. The predicted octanol–water partition coefficient (Wildman–Crippen LogP) is 1.92. The lowest BCUT2D eigenvalue weighted by Crippen LogP contribution is -2.34. The van der Waals surface area contributed by atoms with Crippen LogP contribution in [-0.4, -0.2) is 37.6 Å². The molecule has 0 aromatic carbocycles. The fourth-order valence-electron chi connectivity index (χ4n) is 1.68. The average Bonchev–Trinajstić information content (AvgIpc) is 2.29. The van der Waals surface area contributed by atoms with E-state index in [1.807, 2.05) is 19.1 Å². The maximum absolute atomic E-state index is 10.0. The summed E-state index contributed by atoms with van der Waals surface area (Å²) < 4.78 is 10.7. The van der Waals surface area contributed by atoms with Crippen LogP contribution in [0.2, 0.25) is 0 Å². The van der Waals surface area contributed by atoms with E-state index in [1.54, 1.807) is 7.11 Å². The Morgan fingerprint density at radius 3 is 2.75 bits per heavy atom.